The highest BCUT2D eigenvalue weighted by molar-refractivity contribution is 5.96. The average molecular weight is 331 g/mol. The summed E-state index contributed by atoms with van der Waals surface area (Å²) in [5, 5.41) is 2.88. The van der Waals surface area contributed by atoms with E-state index < -0.39 is 5.91 Å². The summed E-state index contributed by atoms with van der Waals surface area (Å²) in [6, 6.07) is 18.0. The highest BCUT2D eigenvalue weighted by Gasteiger charge is 2.08. The van der Waals surface area contributed by atoms with Crippen molar-refractivity contribution in [2.75, 3.05) is 0 Å². The fourth-order valence-electron chi connectivity index (χ4n) is 2.45. The second-order valence-corrected chi connectivity index (χ2v) is 5.57. The van der Waals surface area contributed by atoms with Crippen LogP contribution < -0.4 is 11.1 Å². The average Bonchev–Trinajstić information content (AvgIpc) is 2.67. The number of pyridine rings is 1. The zero-order valence-electron chi connectivity index (χ0n) is 13.5. The number of primary amides is 1. The first-order valence-corrected chi connectivity index (χ1v) is 7.81. The molecule has 0 aliphatic heterocycles. The Labute approximate surface area is 145 Å². The van der Waals surface area contributed by atoms with Crippen molar-refractivity contribution in [2.24, 2.45) is 5.73 Å². The lowest BCUT2D eigenvalue weighted by Gasteiger charge is -2.08. The van der Waals surface area contributed by atoms with E-state index in [1.807, 2.05) is 42.5 Å². The van der Waals surface area contributed by atoms with Crippen LogP contribution in [0.25, 0.3) is 11.1 Å². The fraction of sp³-hybridized carbons (Fsp3) is 0.0500. The van der Waals surface area contributed by atoms with Crippen LogP contribution in [0.2, 0.25) is 0 Å². The third-order valence-corrected chi connectivity index (χ3v) is 3.80. The van der Waals surface area contributed by atoms with E-state index in [9.17, 15) is 9.59 Å². The Bertz CT molecular complexity index is 890. The second-order valence-electron chi connectivity index (χ2n) is 5.57. The molecule has 1 heterocycles. The van der Waals surface area contributed by atoms with Crippen LogP contribution in [0.3, 0.4) is 0 Å². The second kappa shape index (κ2) is 7.40. The quantitative estimate of drug-likeness (QED) is 0.754. The molecule has 0 unspecified atom stereocenters. The lowest BCUT2D eigenvalue weighted by molar-refractivity contribution is 0.0949. The first kappa shape index (κ1) is 16.4. The van der Waals surface area contributed by atoms with Crippen LogP contribution in [0.1, 0.15) is 26.3 Å². The van der Waals surface area contributed by atoms with Crippen LogP contribution in [0.4, 0.5) is 0 Å². The van der Waals surface area contributed by atoms with E-state index in [4.69, 9.17) is 5.73 Å². The Morgan fingerprint density at radius 1 is 0.920 bits per heavy atom. The summed E-state index contributed by atoms with van der Waals surface area (Å²) in [4.78, 5) is 27.5. The van der Waals surface area contributed by atoms with E-state index >= 15 is 0 Å². The Morgan fingerprint density at radius 2 is 1.72 bits per heavy atom. The lowest BCUT2D eigenvalue weighted by atomic mass is 10.0. The van der Waals surface area contributed by atoms with Gasteiger partial charge in [0, 0.05) is 30.1 Å². The van der Waals surface area contributed by atoms with Crippen molar-refractivity contribution in [1.82, 2.24) is 10.3 Å². The standard InChI is InChI=1S/C20H17N3O2/c21-19(24)16-8-6-15(7-9-16)17-4-1-5-18(11-17)20(25)23-13-14-3-2-10-22-12-14/h1-12H,13H2,(H2,21,24)(H,23,25). The molecule has 5 heteroatoms. The van der Waals surface area contributed by atoms with Crippen molar-refractivity contribution in [1.29, 1.82) is 0 Å². The van der Waals surface area contributed by atoms with Gasteiger partial charge >= 0.3 is 0 Å². The summed E-state index contributed by atoms with van der Waals surface area (Å²) in [6.07, 6.45) is 3.41. The van der Waals surface area contributed by atoms with Crippen molar-refractivity contribution in [3.63, 3.8) is 0 Å². The van der Waals surface area contributed by atoms with Gasteiger partial charge in [-0.2, -0.15) is 0 Å². The van der Waals surface area contributed by atoms with E-state index in [0.717, 1.165) is 16.7 Å². The molecule has 0 aliphatic carbocycles. The summed E-state index contributed by atoms with van der Waals surface area (Å²) in [6.45, 7) is 0.421. The number of nitrogens with two attached hydrogens (primary N) is 1. The van der Waals surface area contributed by atoms with Gasteiger partial charge in [0.1, 0.15) is 0 Å². The van der Waals surface area contributed by atoms with Gasteiger partial charge in [-0.25, -0.2) is 0 Å². The predicted octanol–water partition coefficient (Wildman–Crippen LogP) is 2.78. The zero-order chi connectivity index (χ0) is 17.6. The summed E-state index contributed by atoms with van der Waals surface area (Å²) >= 11 is 0. The Balaban J connectivity index is 1.74. The molecule has 0 saturated carbocycles. The van der Waals surface area contributed by atoms with E-state index in [2.05, 4.69) is 10.3 Å². The van der Waals surface area contributed by atoms with Crippen molar-refractivity contribution in [3.05, 3.63) is 89.7 Å². The summed E-state index contributed by atoms with van der Waals surface area (Å²) in [7, 11) is 0. The maximum absolute atomic E-state index is 12.4. The summed E-state index contributed by atoms with van der Waals surface area (Å²) in [5.41, 5.74) is 9.02. The monoisotopic (exact) mass is 331 g/mol. The Morgan fingerprint density at radius 3 is 2.40 bits per heavy atom. The van der Waals surface area contributed by atoms with Crippen molar-refractivity contribution in [3.8, 4) is 11.1 Å². The molecule has 5 nitrogen and oxygen atoms in total. The first-order chi connectivity index (χ1) is 12.1. The molecule has 0 atom stereocenters. The van der Waals surface area contributed by atoms with Gasteiger partial charge in [0.05, 0.1) is 0 Å². The predicted molar refractivity (Wildman–Crippen MR) is 95.8 cm³/mol. The lowest BCUT2D eigenvalue weighted by Crippen LogP contribution is -2.22. The number of hydrogen-bond acceptors (Lipinski definition) is 3. The van der Waals surface area contributed by atoms with Crippen LogP contribution >= 0.6 is 0 Å². The molecule has 2 aromatic carbocycles. The van der Waals surface area contributed by atoms with Gasteiger partial charge in [0.25, 0.3) is 5.91 Å². The summed E-state index contributed by atoms with van der Waals surface area (Å²) < 4.78 is 0. The minimum Gasteiger partial charge on any atom is -0.366 e. The van der Waals surface area contributed by atoms with Crippen LogP contribution in [-0.2, 0) is 6.54 Å². The SMILES string of the molecule is NC(=O)c1ccc(-c2cccc(C(=O)NCc3cccnc3)c2)cc1. The molecule has 3 N–H and O–H groups in total. The van der Waals surface area contributed by atoms with Crippen LogP contribution in [0.5, 0.6) is 0 Å². The van der Waals surface area contributed by atoms with Crippen LogP contribution in [-0.4, -0.2) is 16.8 Å². The molecule has 0 radical (unpaired) electrons. The van der Waals surface area contributed by atoms with Gasteiger partial charge in [-0.3, -0.25) is 14.6 Å². The minimum atomic E-state index is -0.463. The number of rotatable bonds is 5. The number of amides is 2. The Kier molecular flexibility index (Phi) is 4.85. The van der Waals surface area contributed by atoms with Gasteiger partial charge in [-0.15, -0.1) is 0 Å². The molecule has 3 aromatic rings. The van der Waals surface area contributed by atoms with Gasteiger partial charge in [-0.1, -0.05) is 30.3 Å². The first-order valence-electron chi connectivity index (χ1n) is 7.81. The van der Waals surface area contributed by atoms with E-state index in [0.29, 0.717) is 17.7 Å². The number of hydrogen-bond donors (Lipinski definition) is 2. The highest BCUT2D eigenvalue weighted by atomic mass is 16.2. The maximum atomic E-state index is 12.4. The number of nitrogens with one attached hydrogen (secondary N) is 1. The molecule has 0 bridgehead atoms. The van der Waals surface area contributed by atoms with E-state index in [-0.39, 0.29) is 5.91 Å². The molecule has 1 aromatic heterocycles. The van der Waals surface area contributed by atoms with E-state index in [1.54, 1.807) is 30.6 Å². The molecular formula is C20H17N3O2. The van der Waals surface area contributed by atoms with Crippen molar-refractivity contribution in [2.45, 2.75) is 6.54 Å². The van der Waals surface area contributed by atoms with Crippen LogP contribution in [0.15, 0.2) is 73.1 Å². The van der Waals surface area contributed by atoms with Crippen molar-refractivity contribution >= 4 is 11.8 Å². The topological polar surface area (TPSA) is 85.1 Å². The Hall–Kier alpha value is -3.47. The van der Waals surface area contributed by atoms with Gasteiger partial charge in [0.15, 0.2) is 0 Å². The number of carbonyl (C=O) groups is 2. The molecular weight excluding hydrogens is 314 g/mol. The molecule has 25 heavy (non-hydrogen) atoms. The largest absolute Gasteiger partial charge is 0.366 e. The van der Waals surface area contributed by atoms with Gasteiger partial charge < -0.3 is 11.1 Å². The normalized spacial score (nSPS) is 10.2. The van der Waals surface area contributed by atoms with Gasteiger partial charge in [-0.05, 0) is 47.0 Å². The molecule has 3 rings (SSSR count). The minimum absolute atomic E-state index is 0.153. The zero-order valence-corrected chi connectivity index (χ0v) is 13.5. The highest BCUT2D eigenvalue weighted by Crippen LogP contribution is 2.21. The fourth-order valence-corrected chi connectivity index (χ4v) is 2.45. The third-order valence-electron chi connectivity index (χ3n) is 3.80. The molecule has 0 spiro atoms. The number of carbonyl (C=O) groups excluding carboxylic acids is 2. The van der Waals surface area contributed by atoms with Crippen LogP contribution in [0, 0.1) is 0 Å². The molecule has 0 fully saturated rings. The smallest absolute Gasteiger partial charge is 0.251 e. The summed E-state index contributed by atoms with van der Waals surface area (Å²) in [5.74, 6) is -0.616. The number of benzene rings is 2. The third kappa shape index (κ3) is 4.09. The molecule has 0 aliphatic rings. The number of aromatic nitrogens is 1. The molecule has 0 saturated heterocycles. The molecule has 2 amide bonds. The maximum Gasteiger partial charge on any atom is 0.251 e. The van der Waals surface area contributed by atoms with Gasteiger partial charge in [0.2, 0.25) is 5.91 Å². The molecule has 124 valence electrons. The number of nitrogens with zero attached hydrogens (tertiary/aromatic N) is 1. The van der Waals surface area contributed by atoms with Crippen molar-refractivity contribution < 1.29 is 9.59 Å². The van der Waals surface area contributed by atoms with E-state index in [1.165, 1.54) is 0 Å².